The third kappa shape index (κ3) is 3.95. The standard InChI is InChI=1S/C14H25N3O3/c1-5-6-7-15-11(18)9-17-12(19)14(4,8-10(2)3)16-13(17)20/h10H,5-9H2,1-4H3,(H,15,18)(H,16,20). The maximum absolute atomic E-state index is 12.3. The second-order valence-electron chi connectivity index (χ2n) is 5.96. The monoisotopic (exact) mass is 283 g/mol. The van der Waals surface area contributed by atoms with Gasteiger partial charge in [0, 0.05) is 6.54 Å². The van der Waals surface area contributed by atoms with Crippen molar-refractivity contribution >= 4 is 17.8 Å². The Kier molecular flexibility index (Phi) is 5.53. The molecule has 0 radical (unpaired) electrons. The molecule has 4 amide bonds. The second kappa shape index (κ2) is 6.72. The molecule has 114 valence electrons. The van der Waals surface area contributed by atoms with Crippen molar-refractivity contribution in [2.45, 2.75) is 52.5 Å². The molecule has 0 aromatic heterocycles. The molecule has 0 aliphatic carbocycles. The van der Waals surface area contributed by atoms with Crippen LogP contribution in [0.3, 0.4) is 0 Å². The third-order valence-corrected chi connectivity index (χ3v) is 3.32. The Morgan fingerprint density at radius 1 is 1.40 bits per heavy atom. The van der Waals surface area contributed by atoms with Crippen LogP contribution in [0.15, 0.2) is 0 Å². The van der Waals surface area contributed by atoms with Gasteiger partial charge < -0.3 is 10.6 Å². The van der Waals surface area contributed by atoms with E-state index < -0.39 is 11.6 Å². The number of carbonyl (C=O) groups is 3. The molecule has 0 saturated carbocycles. The molecule has 2 N–H and O–H groups in total. The van der Waals surface area contributed by atoms with E-state index in [1.807, 2.05) is 20.8 Å². The zero-order valence-electron chi connectivity index (χ0n) is 12.8. The fourth-order valence-corrected chi connectivity index (χ4v) is 2.45. The molecule has 0 bridgehead atoms. The van der Waals surface area contributed by atoms with Crippen molar-refractivity contribution in [1.82, 2.24) is 15.5 Å². The van der Waals surface area contributed by atoms with E-state index in [0.29, 0.717) is 13.0 Å². The molecule has 6 heteroatoms. The summed E-state index contributed by atoms with van der Waals surface area (Å²) in [4.78, 5) is 36.9. The van der Waals surface area contributed by atoms with Gasteiger partial charge in [0.15, 0.2) is 0 Å². The SMILES string of the molecule is CCCCNC(=O)CN1C(=O)NC(C)(CC(C)C)C1=O. The first kappa shape index (κ1) is 16.5. The first-order valence-corrected chi connectivity index (χ1v) is 7.21. The number of hydrogen-bond acceptors (Lipinski definition) is 3. The Labute approximate surface area is 120 Å². The predicted octanol–water partition coefficient (Wildman–Crippen LogP) is 1.26. The molecule has 0 aromatic rings. The van der Waals surface area contributed by atoms with Crippen LogP contribution in [0.2, 0.25) is 0 Å². The molecule has 1 heterocycles. The average molecular weight is 283 g/mol. The Hall–Kier alpha value is -1.59. The van der Waals surface area contributed by atoms with Gasteiger partial charge in [-0.05, 0) is 25.7 Å². The number of unbranched alkanes of at least 4 members (excludes halogenated alkanes) is 1. The molecule has 1 fully saturated rings. The van der Waals surface area contributed by atoms with Gasteiger partial charge in [-0.1, -0.05) is 27.2 Å². The van der Waals surface area contributed by atoms with Crippen molar-refractivity contribution in [3.05, 3.63) is 0 Å². The number of amides is 4. The summed E-state index contributed by atoms with van der Waals surface area (Å²) < 4.78 is 0. The molecule has 6 nitrogen and oxygen atoms in total. The molecule has 1 aliphatic rings. The largest absolute Gasteiger partial charge is 0.355 e. The van der Waals surface area contributed by atoms with Gasteiger partial charge in [-0.2, -0.15) is 0 Å². The number of nitrogens with one attached hydrogen (secondary N) is 2. The van der Waals surface area contributed by atoms with Crippen molar-refractivity contribution < 1.29 is 14.4 Å². The number of imide groups is 1. The van der Waals surface area contributed by atoms with Gasteiger partial charge in [0.2, 0.25) is 5.91 Å². The van der Waals surface area contributed by atoms with Crippen LogP contribution in [-0.4, -0.2) is 41.4 Å². The first-order chi connectivity index (χ1) is 9.30. The highest BCUT2D eigenvalue weighted by Gasteiger charge is 2.48. The summed E-state index contributed by atoms with van der Waals surface area (Å²) in [7, 11) is 0. The van der Waals surface area contributed by atoms with Crippen LogP contribution >= 0.6 is 0 Å². The molecule has 1 rings (SSSR count). The van der Waals surface area contributed by atoms with Crippen LogP contribution in [0.5, 0.6) is 0 Å². The number of nitrogens with zero attached hydrogens (tertiary/aromatic N) is 1. The van der Waals surface area contributed by atoms with E-state index in [2.05, 4.69) is 10.6 Å². The minimum absolute atomic E-state index is 0.206. The quantitative estimate of drug-likeness (QED) is 0.545. The maximum atomic E-state index is 12.3. The van der Waals surface area contributed by atoms with Crippen LogP contribution in [0.4, 0.5) is 4.79 Å². The van der Waals surface area contributed by atoms with Crippen LogP contribution in [0, 0.1) is 5.92 Å². The molecule has 1 saturated heterocycles. The van der Waals surface area contributed by atoms with Crippen LogP contribution in [0.25, 0.3) is 0 Å². The number of hydrogen-bond donors (Lipinski definition) is 2. The Morgan fingerprint density at radius 3 is 2.60 bits per heavy atom. The lowest BCUT2D eigenvalue weighted by Gasteiger charge is -2.23. The second-order valence-corrected chi connectivity index (χ2v) is 5.96. The lowest BCUT2D eigenvalue weighted by molar-refractivity contribution is -0.135. The highest BCUT2D eigenvalue weighted by molar-refractivity contribution is 6.08. The van der Waals surface area contributed by atoms with Crippen molar-refractivity contribution in [1.29, 1.82) is 0 Å². The van der Waals surface area contributed by atoms with Crippen LogP contribution < -0.4 is 10.6 Å². The maximum Gasteiger partial charge on any atom is 0.325 e. The van der Waals surface area contributed by atoms with Gasteiger partial charge in [-0.15, -0.1) is 0 Å². The summed E-state index contributed by atoms with van der Waals surface area (Å²) in [6.07, 6.45) is 2.43. The molecule has 0 spiro atoms. The van der Waals surface area contributed by atoms with Gasteiger partial charge in [0.25, 0.3) is 5.91 Å². The van der Waals surface area contributed by atoms with Gasteiger partial charge in [0.05, 0.1) is 0 Å². The Bertz CT molecular complexity index is 395. The predicted molar refractivity (Wildman–Crippen MR) is 76.0 cm³/mol. The minimum atomic E-state index is -0.894. The minimum Gasteiger partial charge on any atom is -0.355 e. The molecule has 20 heavy (non-hydrogen) atoms. The molecular weight excluding hydrogens is 258 g/mol. The van der Waals surface area contributed by atoms with Crippen molar-refractivity contribution in [2.75, 3.05) is 13.1 Å². The Balaban J connectivity index is 2.61. The topological polar surface area (TPSA) is 78.5 Å². The average Bonchev–Trinajstić information content (AvgIpc) is 2.52. The van der Waals surface area contributed by atoms with Gasteiger partial charge in [-0.25, -0.2) is 4.79 Å². The van der Waals surface area contributed by atoms with E-state index in [4.69, 9.17) is 0 Å². The first-order valence-electron chi connectivity index (χ1n) is 7.21. The van der Waals surface area contributed by atoms with E-state index in [1.165, 1.54) is 0 Å². The number of carbonyl (C=O) groups excluding carboxylic acids is 3. The highest BCUT2D eigenvalue weighted by Crippen LogP contribution is 2.24. The van der Waals surface area contributed by atoms with E-state index >= 15 is 0 Å². The lowest BCUT2D eigenvalue weighted by atomic mass is 9.91. The smallest absolute Gasteiger partial charge is 0.325 e. The molecular formula is C14H25N3O3. The van der Waals surface area contributed by atoms with E-state index in [1.54, 1.807) is 6.92 Å². The lowest BCUT2D eigenvalue weighted by Crippen LogP contribution is -2.46. The normalized spacial score (nSPS) is 22.4. The summed E-state index contributed by atoms with van der Waals surface area (Å²) in [5.41, 5.74) is -0.894. The van der Waals surface area contributed by atoms with Gasteiger partial charge >= 0.3 is 6.03 Å². The van der Waals surface area contributed by atoms with Gasteiger partial charge in [0.1, 0.15) is 12.1 Å². The Morgan fingerprint density at radius 2 is 2.05 bits per heavy atom. The van der Waals surface area contributed by atoms with Crippen LogP contribution in [0.1, 0.15) is 47.0 Å². The van der Waals surface area contributed by atoms with Crippen molar-refractivity contribution in [3.8, 4) is 0 Å². The fourth-order valence-electron chi connectivity index (χ4n) is 2.45. The number of urea groups is 1. The molecule has 1 atom stereocenters. The summed E-state index contributed by atoms with van der Waals surface area (Å²) in [5, 5.41) is 5.40. The summed E-state index contributed by atoms with van der Waals surface area (Å²) >= 11 is 0. The zero-order chi connectivity index (χ0) is 15.3. The third-order valence-electron chi connectivity index (χ3n) is 3.32. The van der Waals surface area contributed by atoms with Crippen molar-refractivity contribution in [3.63, 3.8) is 0 Å². The van der Waals surface area contributed by atoms with E-state index in [0.717, 1.165) is 17.7 Å². The zero-order valence-corrected chi connectivity index (χ0v) is 12.8. The molecule has 1 unspecified atom stereocenters. The van der Waals surface area contributed by atoms with Crippen molar-refractivity contribution in [2.24, 2.45) is 5.92 Å². The molecule has 0 aromatic carbocycles. The highest BCUT2D eigenvalue weighted by atomic mass is 16.2. The van der Waals surface area contributed by atoms with Crippen LogP contribution in [-0.2, 0) is 9.59 Å². The fraction of sp³-hybridized carbons (Fsp3) is 0.786. The summed E-state index contributed by atoms with van der Waals surface area (Å²) in [6.45, 7) is 8.09. The van der Waals surface area contributed by atoms with Gasteiger partial charge in [-0.3, -0.25) is 14.5 Å². The summed E-state index contributed by atoms with van der Waals surface area (Å²) in [5.74, 6) is -0.333. The number of rotatable bonds is 7. The molecule has 1 aliphatic heterocycles. The summed E-state index contributed by atoms with van der Waals surface area (Å²) in [6, 6.07) is -0.483. The van der Waals surface area contributed by atoms with E-state index in [9.17, 15) is 14.4 Å². The van der Waals surface area contributed by atoms with E-state index in [-0.39, 0.29) is 24.3 Å².